The van der Waals surface area contributed by atoms with Gasteiger partial charge in [-0.1, -0.05) is 0 Å². The fourth-order valence-electron chi connectivity index (χ4n) is 1.57. The van der Waals surface area contributed by atoms with Crippen LogP contribution in [-0.2, 0) is 4.79 Å². The van der Waals surface area contributed by atoms with Gasteiger partial charge in [0.25, 0.3) is 5.91 Å². The molecule has 1 aliphatic rings. The van der Waals surface area contributed by atoms with Crippen molar-refractivity contribution in [1.29, 1.82) is 0 Å². The molecule has 1 aliphatic heterocycles. The molecule has 2 rings (SSSR count). The second kappa shape index (κ2) is 3.99. The highest BCUT2D eigenvalue weighted by atomic mass is 16.5. The molecule has 1 aromatic rings. The number of hydrogen-bond acceptors (Lipinski definition) is 5. The lowest BCUT2D eigenvalue weighted by Gasteiger charge is -2.23. The van der Waals surface area contributed by atoms with E-state index in [1.807, 2.05) is 0 Å². The maximum Gasteiger partial charge on any atom is 0.262 e. The smallest absolute Gasteiger partial charge is 0.262 e. The Morgan fingerprint density at radius 3 is 3.00 bits per heavy atom. The molecule has 6 heteroatoms. The highest BCUT2D eigenvalue weighted by Gasteiger charge is 2.24. The van der Waals surface area contributed by atoms with E-state index in [9.17, 15) is 15.0 Å². The maximum atomic E-state index is 11.1. The van der Waals surface area contributed by atoms with Gasteiger partial charge in [0, 0.05) is 12.1 Å². The van der Waals surface area contributed by atoms with Gasteiger partial charge in [-0.05, 0) is 12.1 Å². The number of aromatic hydroxyl groups is 1. The molecule has 6 nitrogen and oxygen atoms in total. The van der Waals surface area contributed by atoms with Crippen molar-refractivity contribution in [2.24, 2.45) is 5.73 Å². The Bertz CT molecular complexity index is 433. The van der Waals surface area contributed by atoms with Crippen LogP contribution in [0.1, 0.15) is 11.7 Å². The summed E-state index contributed by atoms with van der Waals surface area (Å²) in [6.07, 6.45) is -0.885. The van der Waals surface area contributed by atoms with E-state index in [-0.39, 0.29) is 36.2 Å². The first-order chi connectivity index (χ1) is 7.63. The number of phenolic OH excluding ortho intramolecular Hbond substituents is 1. The molecule has 1 heterocycles. The second-order valence-electron chi connectivity index (χ2n) is 3.47. The predicted octanol–water partition coefficient (Wildman–Crippen LogP) is -0.285. The van der Waals surface area contributed by atoms with Gasteiger partial charge in [0.15, 0.2) is 12.4 Å². The van der Waals surface area contributed by atoms with Crippen molar-refractivity contribution in [3.8, 4) is 11.5 Å². The summed E-state index contributed by atoms with van der Waals surface area (Å²) < 4.78 is 5.18. The van der Waals surface area contributed by atoms with Crippen LogP contribution in [0.25, 0.3) is 0 Å². The summed E-state index contributed by atoms with van der Waals surface area (Å²) >= 11 is 0. The average Bonchev–Trinajstić information content (AvgIpc) is 2.29. The molecule has 0 aliphatic carbocycles. The molecule has 16 heavy (non-hydrogen) atoms. The maximum absolute atomic E-state index is 11.1. The second-order valence-corrected chi connectivity index (χ2v) is 3.47. The number of rotatable bonds is 2. The normalized spacial score (nSPS) is 16.0. The summed E-state index contributed by atoms with van der Waals surface area (Å²) in [7, 11) is 0. The van der Waals surface area contributed by atoms with Crippen LogP contribution in [0.4, 0.5) is 5.69 Å². The van der Waals surface area contributed by atoms with Gasteiger partial charge in [-0.2, -0.15) is 0 Å². The zero-order chi connectivity index (χ0) is 11.7. The number of nitrogens with two attached hydrogens (primary N) is 1. The van der Waals surface area contributed by atoms with Gasteiger partial charge >= 0.3 is 0 Å². The highest BCUT2D eigenvalue weighted by molar-refractivity contribution is 5.97. The Hall–Kier alpha value is -1.79. The predicted molar refractivity (Wildman–Crippen MR) is 56.2 cm³/mol. The van der Waals surface area contributed by atoms with Crippen LogP contribution < -0.4 is 15.8 Å². The molecule has 1 aromatic carbocycles. The number of anilines is 1. The first-order valence-electron chi connectivity index (χ1n) is 4.80. The Morgan fingerprint density at radius 2 is 2.31 bits per heavy atom. The molecule has 0 aromatic heterocycles. The van der Waals surface area contributed by atoms with Crippen molar-refractivity contribution in [3.63, 3.8) is 0 Å². The number of ether oxygens (including phenoxy) is 1. The van der Waals surface area contributed by atoms with E-state index in [1.54, 1.807) is 0 Å². The Balaban J connectivity index is 2.50. The molecule has 0 saturated carbocycles. The zero-order valence-corrected chi connectivity index (χ0v) is 8.43. The van der Waals surface area contributed by atoms with Crippen LogP contribution in [0.2, 0.25) is 0 Å². The van der Waals surface area contributed by atoms with E-state index < -0.39 is 6.10 Å². The van der Waals surface area contributed by atoms with E-state index in [0.29, 0.717) is 5.56 Å². The van der Waals surface area contributed by atoms with Crippen LogP contribution in [-0.4, -0.2) is 29.3 Å². The number of amides is 1. The van der Waals surface area contributed by atoms with Gasteiger partial charge in [0.05, 0.1) is 6.10 Å². The van der Waals surface area contributed by atoms with Gasteiger partial charge in [0.1, 0.15) is 11.4 Å². The lowest BCUT2D eigenvalue weighted by molar-refractivity contribution is -0.118. The first-order valence-corrected chi connectivity index (χ1v) is 4.80. The van der Waals surface area contributed by atoms with Gasteiger partial charge in [-0.15, -0.1) is 0 Å². The molecule has 0 fully saturated rings. The molecule has 0 bridgehead atoms. The number of carbonyl (C=O) groups is 1. The van der Waals surface area contributed by atoms with E-state index in [1.165, 1.54) is 12.1 Å². The standard InChI is InChI=1S/C10H12N2O4/c11-3-7(14)5-1-2-6(13)9-10(5)16-4-8(15)12-9/h1-2,7,13-14H,3-4,11H2,(H,12,15)/t7-/m1/s1. The van der Waals surface area contributed by atoms with Crippen LogP contribution in [0.3, 0.4) is 0 Å². The molecular weight excluding hydrogens is 212 g/mol. The number of aliphatic hydroxyl groups excluding tert-OH is 1. The number of fused-ring (bicyclic) bond motifs is 1. The molecule has 0 saturated heterocycles. The lowest BCUT2D eigenvalue weighted by atomic mass is 10.1. The molecule has 5 N–H and O–H groups in total. The van der Waals surface area contributed by atoms with E-state index >= 15 is 0 Å². The third-order valence-electron chi connectivity index (χ3n) is 2.36. The molecule has 0 unspecified atom stereocenters. The quantitative estimate of drug-likeness (QED) is 0.517. The highest BCUT2D eigenvalue weighted by Crippen LogP contribution is 2.41. The van der Waals surface area contributed by atoms with Crippen molar-refractivity contribution >= 4 is 11.6 Å². The summed E-state index contributed by atoms with van der Waals surface area (Å²) in [5.41, 5.74) is 5.98. The van der Waals surface area contributed by atoms with E-state index in [0.717, 1.165) is 0 Å². The minimum atomic E-state index is -0.885. The topological polar surface area (TPSA) is 105 Å². The number of phenols is 1. The van der Waals surface area contributed by atoms with Gasteiger partial charge < -0.3 is 26.0 Å². The molecule has 86 valence electrons. The van der Waals surface area contributed by atoms with Crippen LogP contribution in [0.15, 0.2) is 12.1 Å². The number of carbonyl (C=O) groups excluding carboxylic acids is 1. The van der Waals surface area contributed by atoms with Crippen LogP contribution >= 0.6 is 0 Å². The van der Waals surface area contributed by atoms with Crippen molar-refractivity contribution in [1.82, 2.24) is 0 Å². The summed E-state index contributed by atoms with van der Waals surface area (Å²) in [5, 5.41) is 21.7. The molecule has 0 spiro atoms. The van der Waals surface area contributed by atoms with Crippen molar-refractivity contribution in [3.05, 3.63) is 17.7 Å². The lowest BCUT2D eigenvalue weighted by Crippen LogP contribution is -2.27. The van der Waals surface area contributed by atoms with Gasteiger partial charge in [-0.25, -0.2) is 0 Å². The number of nitrogens with one attached hydrogen (secondary N) is 1. The summed E-state index contributed by atoms with van der Waals surface area (Å²) in [6, 6.07) is 2.89. The zero-order valence-electron chi connectivity index (χ0n) is 8.43. The fourth-order valence-corrected chi connectivity index (χ4v) is 1.57. The fraction of sp³-hybridized carbons (Fsp3) is 0.300. The van der Waals surface area contributed by atoms with Gasteiger partial charge in [-0.3, -0.25) is 4.79 Å². The molecule has 0 radical (unpaired) electrons. The third-order valence-corrected chi connectivity index (χ3v) is 2.36. The van der Waals surface area contributed by atoms with Crippen molar-refractivity contribution in [2.75, 3.05) is 18.5 Å². The summed E-state index contributed by atoms with van der Waals surface area (Å²) in [6.45, 7) is -0.102. The van der Waals surface area contributed by atoms with Gasteiger partial charge in [0.2, 0.25) is 0 Å². The monoisotopic (exact) mass is 224 g/mol. The summed E-state index contributed by atoms with van der Waals surface area (Å²) in [4.78, 5) is 11.1. The first kappa shape index (κ1) is 10.7. The van der Waals surface area contributed by atoms with E-state index in [2.05, 4.69) is 5.32 Å². The van der Waals surface area contributed by atoms with Crippen LogP contribution in [0, 0.1) is 0 Å². The SMILES string of the molecule is NC[C@@H](O)c1ccc(O)c2c1OCC(=O)N2. The molecule has 1 atom stereocenters. The Labute approximate surface area is 91.6 Å². The number of aliphatic hydroxyl groups is 1. The summed E-state index contributed by atoms with van der Waals surface area (Å²) in [5.74, 6) is -0.171. The minimum Gasteiger partial charge on any atom is -0.506 e. The Morgan fingerprint density at radius 1 is 1.56 bits per heavy atom. The molecule has 1 amide bonds. The number of benzene rings is 1. The average molecular weight is 224 g/mol. The largest absolute Gasteiger partial charge is 0.506 e. The Kier molecular flexibility index (Phi) is 2.67. The van der Waals surface area contributed by atoms with Crippen molar-refractivity contribution in [2.45, 2.75) is 6.10 Å². The van der Waals surface area contributed by atoms with Crippen molar-refractivity contribution < 1.29 is 19.7 Å². The molecular formula is C10H12N2O4. The van der Waals surface area contributed by atoms with E-state index in [4.69, 9.17) is 10.5 Å². The minimum absolute atomic E-state index is 0.0362. The van der Waals surface area contributed by atoms with Crippen LogP contribution in [0.5, 0.6) is 11.5 Å². The third kappa shape index (κ3) is 1.68. The number of hydrogen-bond donors (Lipinski definition) is 4.